The minimum absolute atomic E-state index is 0.0561. The highest BCUT2D eigenvalue weighted by atomic mass is 19.1. The molecule has 0 radical (unpaired) electrons. The molecule has 0 unspecified atom stereocenters. The van der Waals surface area contributed by atoms with E-state index in [1.807, 2.05) is 0 Å². The van der Waals surface area contributed by atoms with Gasteiger partial charge in [0.1, 0.15) is 17.2 Å². The van der Waals surface area contributed by atoms with Crippen molar-refractivity contribution >= 4 is 22.5 Å². The molecule has 170 valence electrons. The number of hydrogen-bond acceptors (Lipinski definition) is 6. The Morgan fingerprint density at radius 1 is 1.09 bits per heavy atom. The molecule has 0 aliphatic carbocycles. The highest BCUT2D eigenvalue weighted by Gasteiger charge is 2.22. The Morgan fingerprint density at radius 2 is 1.84 bits per heavy atom. The third-order valence-corrected chi connectivity index (χ3v) is 5.38. The first kappa shape index (κ1) is 23.3. The van der Waals surface area contributed by atoms with Crippen LogP contribution < -0.4 is 11.3 Å². The van der Waals surface area contributed by atoms with Gasteiger partial charge in [-0.05, 0) is 48.9 Å². The van der Waals surface area contributed by atoms with E-state index in [2.05, 4.69) is 4.98 Å². The van der Waals surface area contributed by atoms with Gasteiger partial charge in [-0.15, -0.1) is 4.73 Å². The van der Waals surface area contributed by atoms with E-state index in [-0.39, 0.29) is 47.3 Å². The van der Waals surface area contributed by atoms with Crippen molar-refractivity contribution in [1.82, 2.24) is 9.71 Å². The van der Waals surface area contributed by atoms with E-state index < -0.39 is 23.0 Å². The van der Waals surface area contributed by atoms with Crippen LogP contribution in [-0.2, 0) is 12.8 Å². The molecule has 9 heteroatoms. The number of aliphatic hydroxyl groups is 1. The number of aliphatic hydroxyl groups excluding tert-OH is 1. The van der Waals surface area contributed by atoms with Gasteiger partial charge in [-0.3, -0.25) is 9.59 Å². The van der Waals surface area contributed by atoms with Crippen molar-refractivity contribution in [2.75, 3.05) is 12.3 Å². The highest BCUT2D eigenvalue weighted by molar-refractivity contribution is 6.06. The van der Waals surface area contributed by atoms with Gasteiger partial charge in [0.25, 0.3) is 5.56 Å². The standard InChI is InChI=1S/C23H25F2N3O4/c24-16-8-6-15(18(25)12-16)7-9-19(30)20-21(26)17-11-14(5-3-1-2-4-10-29)13-27-22(17)28(32)23(20)31/h6,8,11-13,29,32H,1-5,7,9-10,26H2. The summed E-state index contributed by atoms with van der Waals surface area (Å²) in [6.45, 7) is 0.159. The molecule has 1 aromatic carbocycles. The van der Waals surface area contributed by atoms with Crippen molar-refractivity contribution in [1.29, 1.82) is 0 Å². The Hall–Kier alpha value is -3.33. The lowest BCUT2D eigenvalue weighted by Crippen LogP contribution is -2.28. The number of nitrogen functional groups attached to an aromatic ring is 1. The van der Waals surface area contributed by atoms with E-state index in [0.717, 1.165) is 43.4 Å². The molecular weight excluding hydrogens is 420 g/mol. The van der Waals surface area contributed by atoms with Crippen LogP contribution in [0.3, 0.4) is 0 Å². The Morgan fingerprint density at radius 3 is 2.56 bits per heavy atom. The lowest BCUT2D eigenvalue weighted by molar-refractivity contribution is 0.0976. The molecule has 0 saturated carbocycles. The maximum atomic E-state index is 13.8. The third kappa shape index (κ3) is 5.11. The van der Waals surface area contributed by atoms with Crippen LogP contribution in [-0.4, -0.2) is 32.4 Å². The smallest absolute Gasteiger partial charge is 0.297 e. The van der Waals surface area contributed by atoms with Crippen LogP contribution in [0, 0.1) is 11.6 Å². The number of benzene rings is 1. The van der Waals surface area contributed by atoms with Gasteiger partial charge in [0.05, 0.1) is 5.69 Å². The predicted octanol–water partition coefficient (Wildman–Crippen LogP) is 3.40. The summed E-state index contributed by atoms with van der Waals surface area (Å²) in [6.07, 6.45) is 5.36. The normalized spacial score (nSPS) is 11.2. The highest BCUT2D eigenvalue weighted by Crippen LogP contribution is 2.24. The first-order valence-corrected chi connectivity index (χ1v) is 10.4. The summed E-state index contributed by atoms with van der Waals surface area (Å²) < 4.78 is 27.2. The van der Waals surface area contributed by atoms with Crippen LogP contribution in [0.4, 0.5) is 14.5 Å². The number of ketones is 1. The lowest BCUT2D eigenvalue weighted by atomic mass is 10.00. The number of rotatable bonds is 10. The minimum atomic E-state index is -0.996. The van der Waals surface area contributed by atoms with Crippen molar-refractivity contribution in [2.24, 2.45) is 0 Å². The van der Waals surface area contributed by atoms with Crippen molar-refractivity contribution in [2.45, 2.75) is 44.9 Å². The van der Waals surface area contributed by atoms with Crippen LogP contribution in [0.1, 0.15) is 53.6 Å². The van der Waals surface area contributed by atoms with Crippen LogP contribution >= 0.6 is 0 Å². The molecule has 0 fully saturated rings. The number of carbonyl (C=O) groups excluding carboxylic acids is 1. The van der Waals surface area contributed by atoms with Crippen molar-refractivity contribution in [3.63, 3.8) is 0 Å². The zero-order valence-corrected chi connectivity index (χ0v) is 17.5. The van der Waals surface area contributed by atoms with Gasteiger partial charge in [-0.1, -0.05) is 18.9 Å². The number of nitrogens with zero attached hydrogens (tertiary/aromatic N) is 2. The molecule has 3 aromatic rings. The van der Waals surface area contributed by atoms with E-state index in [1.165, 1.54) is 6.07 Å². The van der Waals surface area contributed by atoms with Gasteiger partial charge in [-0.2, -0.15) is 0 Å². The summed E-state index contributed by atoms with van der Waals surface area (Å²) in [5.41, 5.74) is 5.57. The Bertz CT molecular complexity index is 1190. The maximum Gasteiger partial charge on any atom is 0.297 e. The summed E-state index contributed by atoms with van der Waals surface area (Å²) in [4.78, 5) is 29.4. The van der Waals surface area contributed by atoms with Crippen LogP contribution in [0.15, 0.2) is 35.3 Å². The summed E-state index contributed by atoms with van der Waals surface area (Å²) in [6, 6.07) is 4.74. The third-order valence-electron chi connectivity index (χ3n) is 5.38. The van der Waals surface area contributed by atoms with Crippen LogP contribution in [0.5, 0.6) is 0 Å². The van der Waals surface area contributed by atoms with Gasteiger partial charge in [0.15, 0.2) is 11.4 Å². The molecule has 0 atom stereocenters. The number of aromatic nitrogens is 2. The van der Waals surface area contributed by atoms with Gasteiger partial charge >= 0.3 is 0 Å². The average molecular weight is 445 g/mol. The first-order valence-electron chi connectivity index (χ1n) is 10.4. The summed E-state index contributed by atoms with van der Waals surface area (Å²) in [5, 5.41) is 19.4. The number of aryl methyl sites for hydroxylation is 2. The molecule has 3 rings (SSSR count). The second-order valence-electron chi connectivity index (χ2n) is 7.67. The number of fused-ring (bicyclic) bond motifs is 1. The van der Waals surface area contributed by atoms with Gasteiger partial charge < -0.3 is 16.0 Å². The molecule has 7 nitrogen and oxygen atoms in total. The van der Waals surface area contributed by atoms with E-state index >= 15 is 0 Å². The van der Waals surface area contributed by atoms with E-state index in [0.29, 0.717) is 11.2 Å². The molecule has 32 heavy (non-hydrogen) atoms. The van der Waals surface area contributed by atoms with E-state index in [9.17, 15) is 23.6 Å². The predicted molar refractivity (Wildman–Crippen MR) is 116 cm³/mol. The zero-order chi connectivity index (χ0) is 23.3. The molecular formula is C23H25F2N3O4. The number of unbranched alkanes of at least 4 members (excludes halogenated alkanes) is 3. The summed E-state index contributed by atoms with van der Waals surface area (Å²) in [5.74, 6) is -2.16. The van der Waals surface area contributed by atoms with Crippen LogP contribution in [0.25, 0.3) is 11.0 Å². The molecule has 0 aliphatic heterocycles. The minimum Gasteiger partial charge on any atom is -0.423 e. The maximum absolute atomic E-state index is 13.8. The molecule has 4 N–H and O–H groups in total. The Balaban J connectivity index is 1.85. The number of carbonyl (C=O) groups is 1. The second kappa shape index (κ2) is 10.3. The van der Waals surface area contributed by atoms with Crippen molar-refractivity contribution < 1.29 is 23.9 Å². The Labute approximate surface area is 183 Å². The fourth-order valence-corrected chi connectivity index (χ4v) is 3.62. The number of nitrogens with two attached hydrogens (primary N) is 1. The average Bonchev–Trinajstić information content (AvgIpc) is 2.77. The number of halogens is 2. The van der Waals surface area contributed by atoms with E-state index in [1.54, 1.807) is 12.3 Å². The monoisotopic (exact) mass is 445 g/mol. The summed E-state index contributed by atoms with van der Waals surface area (Å²) >= 11 is 0. The van der Waals surface area contributed by atoms with Crippen LogP contribution in [0.2, 0.25) is 0 Å². The number of hydrogen-bond donors (Lipinski definition) is 3. The zero-order valence-electron chi connectivity index (χ0n) is 17.5. The van der Waals surface area contributed by atoms with Crippen molar-refractivity contribution in [3.05, 3.63) is 69.1 Å². The molecule has 0 bridgehead atoms. The number of Topliss-reactive ketones (excluding diaryl/α,β-unsaturated/α-hetero) is 1. The number of anilines is 1. The fourth-order valence-electron chi connectivity index (χ4n) is 3.62. The molecule has 0 spiro atoms. The Kier molecular flexibility index (Phi) is 7.53. The first-order chi connectivity index (χ1) is 15.3. The molecule has 2 aromatic heterocycles. The lowest BCUT2D eigenvalue weighted by Gasteiger charge is -2.12. The van der Waals surface area contributed by atoms with Gasteiger partial charge in [-0.25, -0.2) is 13.8 Å². The molecule has 0 amide bonds. The molecule has 0 aliphatic rings. The van der Waals surface area contributed by atoms with Gasteiger partial charge in [0, 0.05) is 30.7 Å². The number of pyridine rings is 2. The topological polar surface area (TPSA) is 118 Å². The van der Waals surface area contributed by atoms with Gasteiger partial charge in [0.2, 0.25) is 0 Å². The molecule has 2 heterocycles. The fraction of sp³-hybridized carbons (Fsp3) is 0.348. The largest absolute Gasteiger partial charge is 0.423 e. The second-order valence-corrected chi connectivity index (χ2v) is 7.67. The quantitative estimate of drug-likeness (QED) is 0.250. The summed E-state index contributed by atoms with van der Waals surface area (Å²) in [7, 11) is 0. The molecule has 0 saturated heterocycles. The van der Waals surface area contributed by atoms with E-state index in [4.69, 9.17) is 10.8 Å². The van der Waals surface area contributed by atoms with Crippen molar-refractivity contribution in [3.8, 4) is 0 Å². The SMILES string of the molecule is Nc1c(C(=O)CCc2ccc(F)cc2F)c(=O)n(O)c2ncc(CCCCCCO)cc12.